The van der Waals surface area contributed by atoms with Crippen molar-refractivity contribution in [3.8, 4) is 0 Å². The van der Waals surface area contributed by atoms with Gasteiger partial charge in [0.25, 0.3) is 0 Å². The van der Waals surface area contributed by atoms with Crippen LogP contribution in [0.4, 0.5) is 0 Å². The van der Waals surface area contributed by atoms with Gasteiger partial charge in [-0.1, -0.05) is 51.0 Å². The van der Waals surface area contributed by atoms with Gasteiger partial charge in [-0.2, -0.15) is 0 Å². The number of allylic oxidation sites excluding steroid dienone is 4. The highest BCUT2D eigenvalue weighted by Crippen LogP contribution is 1.99. The van der Waals surface area contributed by atoms with Gasteiger partial charge >= 0.3 is 0 Å². The summed E-state index contributed by atoms with van der Waals surface area (Å²) in [4.78, 5) is 0. The summed E-state index contributed by atoms with van der Waals surface area (Å²) in [6.45, 7) is 8.99. The van der Waals surface area contributed by atoms with Gasteiger partial charge in [0.2, 0.25) is 0 Å². The molecule has 0 aliphatic rings. The molecule has 1 heteroatoms. The van der Waals surface area contributed by atoms with Gasteiger partial charge < -0.3 is 5.32 Å². The van der Waals surface area contributed by atoms with E-state index in [-0.39, 0.29) is 0 Å². The van der Waals surface area contributed by atoms with Gasteiger partial charge in [0, 0.05) is 12.2 Å². The molecule has 80 valence electrons. The van der Waals surface area contributed by atoms with Crippen LogP contribution in [-0.2, 0) is 0 Å². The fraction of sp³-hybridized carbons (Fsp3) is 0.538. The van der Waals surface area contributed by atoms with Gasteiger partial charge in [0.05, 0.1) is 0 Å². The number of unbranched alkanes of at least 4 members (excludes halogenated alkanes) is 3. The second-order valence-corrected chi connectivity index (χ2v) is 3.33. The highest BCUT2D eigenvalue weighted by molar-refractivity contribution is 5.19. The Morgan fingerprint density at radius 1 is 1.29 bits per heavy atom. The van der Waals surface area contributed by atoms with Crippen molar-refractivity contribution in [3.05, 3.63) is 36.6 Å². The molecule has 0 radical (unpaired) electrons. The van der Waals surface area contributed by atoms with Crippen molar-refractivity contribution in [2.45, 2.75) is 39.5 Å². The first-order valence-electron chi connectivity index (χ1n) is 5.54. The van der Waals surface area contributed by atoms with E-state index in [9.17, 15) is 0 Å². The van der Waals surface area contributed by atoms with Gasteiger partial charge in [-0.3, -0.25) is 0 Å². The summed E-state index contributed by atoms with van der Waals surface area (Å²) in [5, 5.41) is 3.39. The van der Waals surface area contributed by atoms with Crippen molar-refractivity contribution in [2.24, 2.45) is 0 Å². The van der Waals surface area contributed by atoms with Crippen LogP contribution in [0.5, 0.6) is 0 Å². The zero-order valence-electron chi connectivity index (χ0n) is 9.55. The minimum atomic E-state index is 1.07. The van der Waals surface area contributed by atoms with E-state index < -0.39 is 0 Å². The summed E-state index contributed by atoms with van der Waals surface area (Å²) in [6, 6.07) is 0. The summed E-state index contributed by atoms with van der Waals surface area (Å²) in [6.07, 6.45) is 13.1. The van der Waals surface area contributed by atoms with Crippen LogP contribution in [0.2, 0.25) is 0 Å². The molecule has 0 aliphatic heterocycles. The molecule has 0 spiro atoms. The zero-order chi connectivity index (χ0) is 10.6. The molecule has 0 aliphatic carbocycles. The highest BCUT2D eigenvalue weighted by atomic mass is 14.9. The maximum atomic E-state index is 3.65. The van der Waals surface area contributed by atoms with Crippen molar-refractivity contribution >= 4 is 0 Å². The van der Waals surface area contributed by atoms with Crippen molar-refractivity contribution < 1.29 is 0 Å². The SMILES string of the molecule is C=C/C=C\C(=C/C)NCCCCCC. The van der Waals surface area contributed by atoms with E-state index in [1.54, 1.807) is 6.08 Å². The third-order valence-corrected chi connectivity index (χ3v) is 2.08. The van der Waals surface area contributed by atoms with E-state index >= 15 is 0 Å². The molecule has 0 aromatic heterocycles. The van der Waals surface area contributed by atoms with E-state index in [1.807, 2.05) is 19.1 Å². The molecular formula is C13H23N. The zero-order valence-corrected chi connectivity index (χ0v) is 9.55. The molecule has 0 aromatic carbocycles. The molecule has 0 rings (SSSR count). The van der Waals surface area contributed by atoms with Crippen LogP contribution in [0, 0.1) is 0 Å². The second kappa shape index (κ2) is 10.1. The average Bonchev–Trinajstić information content (AvgIpc) is 2.22. The average molecular weight is 193 g/mol. The third-order valence-electron chi connectivity index (χ3n) is 2.08. The van der Waals surface area contributed by atoms with Gasteiger partial charge in [0.15, 0.2) is 0 Å². The first kappa shape index (κ1) is 13.0. The van der Waals surface area contributed by atoms with Gasteiger partial charge in [0.1, 0.15) is 0 Å². The molecule has 0 bridgehead atoms. The molecule has 1 nitrogen and oxygen atoms in total. The molecular weight excluding hydrogens is 170 g/mol. The lowest BCUT2D eigenvalue weighted by Gasteiger charge is -2.05. The minimum absolute atomic E-state index is 1.07. The molecule has 14 heavy (non-hydrogen) atoms. The fourth-order valence-electron chi connectivity index (χ4n) is 1.21. The normalized spacial score (nSPS) is 12.0. The third kappa shape index (κ3) is 7.66. The summed E-state index contributed by atoms with van der Waals surface area (Å²) in [5.74, 6) is 0. The number of hydrogen-bond donors (Lipinski definition) is 1. The van der Waals surface area contributed by atoms with E-state index in [4.69, 9.17) is 0 Å². The minimum Gasteiger partial charge on any atom is -0.385 e. The van der Waals surface area contributed by atoms with Crippen LogP contribution in [0.3, 0.4) is 0 Å². The van der Waals surface area contributed by atoms with E-state index in [0.29, 0.717) is 0 Å². The molecule has 0 aromatic rings. The summed E-state index contributed by atoms with van der Waals surface area (Å²) < 4.78 is 0. The Morgan fingerprint density at radius 2 is 2.07 bits per heavy atom. The molecule has 0 saturated carbocycles. The van der Waals surface area contributed by atoms with Crippen LogP contribution >= 0.6 is 0 Å². The van der Waals surface area contributed by atoms with Gasteiger partial charge in [-0.15, -0.1) is 0 Å². The van der Waals surface area contributed by atoms with Crippen LogP contribution in [-0.4, -0.2) is 6.54 Å². The molecule has 0 unspecified atom stereocenters. The lowest BCUT2D eigenvalue weighted by Crippen LogP contribution is -2.12. The van der Waals surface area contributed by atoms with Crippen molar-refractivity contribution in [2.75, 3.05) is 6.54 Å². The Bertz CT molecular complexity index is 189. The van der Waals surface area contributed by atoms with E-state index in [2.05, 4.69) is 24.9 Å². The maximum Gasteiger partial charge on any atom is 0.0296 e. The standard InChI is InChI=1S/C13H23N/c1-4-7-9-10-12-14-13(6-3)11-8-5-2/h5-6,8,11,14H,2,4,7,9-10,12H2,1,3H3/b11-8-,13-6+. The van der Waals surface area contributed by atoms with Crippen LogP contribution in [0.25, 0.3) is 0 Å². The second-order valence-electron chi connectivity index (χ2n) is 3.33. The number of rotatable bonds is 8. The summed E-state index contributed by atoms with van der Waals surface area (Å²) in [5.41, 5.74) is 1.18. The van der Waals surface area contributed by atoms with Crippen molar-refractivity contribution in [1.29, 1.82) is 0 Å². The van der Waals surface area contributed by atoms with Crippen LogP contribution < -0.4 is 5.32 Å². The Labute approximate surface area is 88.6 Å². The molecule has 0 atom stereocenters. The molecule has 0 fully saturated rings. The maximum absolute atomic E-state index is 3.65. The first-order valence-corrected chi connectivity index (χ1v) is 5.54. The van der Waals surface area contributed by atoms with Crippen molar-refractivity contribution in [3.63, 3.8) is 0 Å². The molecule has 0 heterocycles. The largest absolute Gasteiger partial charge is 0.385 e. The highest BCUT2D eigenvalue weighted by Gasteiger charge is 1.89. The summed E-state index contributed by atoms with van der Waals surface area (Å²) >= 11 is 0. The van der Waals surface area contributed by atoms with Crippen LogP contribution in [0.1, 0.15) is 39.5 Å². The van der Waals surface area contributed by atoms with Gasteiger partial charge in [-0.25, -0.2) is 0 Å². The van der Waals surface area contributed by atoms with Crippen LogP contribution in [0.15, 0.2) is 36.6 Å². The lowest BCUT2D eigenvalue weighted by molar-refractivity contribution is 0.639. The number of hydrogen-bond acceptors (Lipinski definition) is 1. The van der Waals surface area contributed by atoms with Gasteiger partial charge in [-0.05, 0) is 19.4 Å². The van der Waals surface area contributed by atoms with E-state index in [1.165, 1.54) is 31.4 Å². The first-order chi connectivity index (χ1) is 6.85. The smallest absolute Gasteiger partial charge is 0.0296 e. The summed E-state index contributed by atoms with van der Waals surface area (Å²) in [7, 11) is 0. The Kier molecular flexibility index (Phi) is 9.40. The quantitative estimate of drug-likeness (QED) is 0.456. The molecule has 0 saturated heterocycles. The Hall–Kier alpha value is -0.980. The monoisotopic (exact) mass is 193 g/mol. The predicted octanol–water partition coefficient (Wildman–Crippen LogP) is 3.80. The molecule has 1 N–H and O–H groups in total. The van der Waals surface area contributed by atoms with E-state index in [0.717, 1.165) is 6.54 Å². The van der Waals surface area contributed by atoms with Crippen molar-refractivity contribution in [1.82, 2.24) is 5.32 Å². The fourth-order valence-corrected chi connectivity index (χ4v) is 1.21. The topological polar surface area (TPSA) is 12.0 Å². The molecule has 0 amide bonds. The lowest BCUT2D eigenvalue weighted by atomic mass is 10.2. The Balaban J connectivity index is 3.54. The number of nitrogens with one attached hydrogen (secondary N) is 1. The Morgan fingerprint density at radius 3 is 2.64 bits per heavy atom. The predicted molar refractivity (Wildman–Crippen MR) is 65.2 cm³/mol.